The second-order valence-corrected chi connectivity index (χ2v) is 7.38. The van der Waals surface area contributed by atoms with Gasteiger partial charge in [0.1, 0.15) is 12.1 Å². The third kappa shape index (κ3) is 4.22. The van der Waals surface area contributed by atoms with Gasteiger partial charge in [-0.3, -0.25) is 4.79 Å². The van der Waals surface area contributed by atoms with Gasteiger partial charge in [0.05, 0.1) is 5.69 Å². The van der Waals surface area contributed by atoms with Crippen molar-refractivity contribution in [1.29, 1.82) is 0 Å². The van der Waals surface area contributed by atoms with E-state index in [-0.39, 0.29) is 12.7 Å². The van der Waals surface area contributed by atoms with Gasteiger partial charge >= 0.3 is 0 Å². The molecule has 0 fully saturated rings. The van der Waals surface area contributed by atoms with Crippen LogP contribution in [0.5, 0.6) is 11.5 Å². The molecule has 0 unspecified atom stereocenters. The van der Waals surface area contributed by atoms with Gasteiger partial charge in [0.2, 0.25) is 6.79 Å². The highest BCUT2D eigenvalue weighted by atomic mass is 16.7. The molecule has 1 amide bonds. The maximum atomic E-state index is 12.6. The van der Waals surface area contributed by atoms with Crippen LogP contribution in [-0.2, 0) is 0 Å². The summed E-state index contributed by atoms with van der Waals surface area (Å²) < 4.78 is 10.6. The molecule has 1 aromatic heterocycles. The second-order valence-electron chi connectivity index (χ2n) is 7.38. The number of nitrogens with one attached hydrogen (secondary N) is 2. The summed E-state index contributed by atoms with van der Waals surface area (Å²) in [6.45, 7) is 2.25. The van der Waals surface area contributed by atoms with Crippen LogP contribution >= 0.6 is 0 Å². The van der Waals surface area contributed by atoms with E-state index in [0.717, 1.165) is 16.9 Å². The van der Waals surface area contributed by atoms with Gasteiger partial charge in [-0.1, -0.05) is 29.8 Å². The topological polar surface area (TPSA) is 85.4 Å². The summed E-state index contributed by atoms with van der Waals surface area (Å²) in [5.41, 5.74) is 5.06. The first-order valence-corrected chi connectivity index (χ1v) is 10.1. The van der Waals surface area contributed by atoms with Crippen molar-refractivity contribution >= 4 is 23.1 Å². The maximum Gasteiger partial charge on any atom is 0.255 e. The van der Waals surface area contributed by atoms with Crippen LogP contribution < -0.4 is 20.1 Å². The number of rotatable bonds is 5. The number of anilines is 3. The van der Waals surface area contributed by atoms with Gasteiger partial charge in [-0.2, -0.15) is 0 Å². The number of carbonyl (C=O) groups excluding carboxylic acids is 1. The highest BCUT2D eigenvalue weighted by molar-refractivity contribution is 6.04. The minimum atomic E-state index is -0.209. The van der Waals surface area contributed by atoms with Gasteiger partial charge in [-0.15, -0.1) is 0 Å². The number of nitrogens with zero attached hydrogens (tertiary/aromatic N) is 2. The van der Waals surface area contributed by atoms with Gasteiger partial charge in [-0.05, 0) is 43.3 Å². The van der Waals surface area contributed by atoms with Crippen molar-refractivity contribution in [1.82, 2.24) is 9.97 Å². The summed E-state index contributed by atoms with van der Waals surface area (Å²) >= 11 is 0. The van der Waals surface area contributed by atoms with Crippen LogP contribution in [-0.4, -0.2) is 22.7 Å². The zero-order chi connectivity index (χ0) is 21.9. The SMILES string of the molecule is Cc1ccc(-c2cc(Nc3ccc(C(=O)Nc4ccc5c(c4)OCO5)cc3)ncn2)cc1. The fourth-order valence-corrected chi connectivity index (χ4v) is 3.34. The highest BCUT2D eigenvalue weighted by Gasteiger charge is 2.14. The zero-order valence-corrected chi connectivity index (χ0v) is 17.3. The van der Waals surface area contributed by atoms with Gasteiger partial charge in [0.25, 0.3) is 5.91 Å². The van der Waals surface area contributed by atoms with Crippen molar-refractivity contribution in [3.8, 4) is 22.8 Å². The summed E-state index contributed by atoms with van der Waals surface area (Å²) in [4.78, 5) is 21.2. The lowest BCUT2D eigenvalue weighted by molar-refractivity contribution is 0.102. The molecule has 1 aliphatic rings. The number of ether oxygens (including phenoxy) is 2. The Balaban J connectivity index is 1.26. The molecule has 0 bridgehead atoms. The fraction of sp³-hybridized carbons (Fsp3) is 0.0800. The van der Waals surface area contributed by atoms with Crippen LogP contribution in [0.2, 0.25) is 0 Å². The number of benzene rings is 3. The van der Waals surface area contributed by atoms with Gasteiger partial charge in [-0.25, -0.2) is 9.97 Å². The lowest BCUT2D eigenvalue weighted by atomic mass is 10.1. The molecular formula is C25H20N4O3. The largest absolute Gasteiger partial charge is 0.454 e. The number of hydrogen-bond acceptors (Lipinski definition) is 6. The zero-order valence-electron chi connectivity index (χ0n) is 17.3. The van der Waals surface area contributed by atoms with Crippen molar-refractivity contribution < 1.29 is 14.3 Å². The van der Waals surface area contributed by atoms with E-state index >= 15 is 0 Å². The number of amides is 1. The first-order chi connectivity index (χ1) is 15.6. The quantitative estimate of drug-likeness (QED) is 0.459. The average molecular weight is 424 g/mol. The fourth-order valence-electron chi connectivity index (χ4n) is 3.34. The van der Waals surface area contributed by atoms with Crippen molar-refractivity contribution in [3.63, 3.8) is 0 Å². The summed E-state index contributed by atoms with van der Waals surface area (Å²) in [5, 5.41) is 6.13. The second kappa shape index (κ2) is 8.39. The Morgan fingerprint density at radius 3 is 2.41 bits per heavy atom. The van der Waals surface area contributed by atoms with E-state index in [1.807, 2.05) is 30.3 Å². The minimum Gasteiger partial charge on any atom is -0.454 e. The first-order valence-electron chi connectivity index (χ1n) is 10.1. The van der Waals surface area contributed by atoms with Crippen molar-refractivity contribution in [2.75, 3.05) is 17.4 Å². The summed E-state index contributed by atoms with van der Waals surface area (Å²) in [6.07, 6.45) is 1.53. The number of fused-ring (bicyclic) bond motifs is 1. The molecule has 0 saturated heterocycles. The highest BCUT2D eigenvalue weighted by Crippen LogP contribution is 2.34. The first kappa shape index (κ1) is 19.6. The predicted molar refractivity (Wildman–Crippen MR) is 122 cm³/mol. The summed E-state index contributed by atoms with van der Waals surface area (Å²) in [7, 11) is 0. The molecule has 2 heterocycles. The van der Waals surface area contributed by atoms with E-state index in [9.17, 15) is 4.79 Å². The van der Waals surface area contributed by atoms with Gasteiger partial charge in [0.15, 0.2) is 11.5 Å². The molecule has 5 rings (SSSR count). The molecule has 3 aromatic carbocycles. The molecule has 1 aliphatic heterocycles. The van der Waals surface area contributed by atoms with Gasteiger partial charge < -0.3 is 20.1 Å². The van der Waals surface area contributed by atoms with E-state index in [4.69, 9.17) is 9.47 Å². The lowest BCUT2D eigenvalue weighted by Crippen LogP contribution is -2.11. The normalized spacial score (nSPS) is 11.8. The van der Waals surface area contributed by atoms with Crippen LogP contribution in [0.3, 0.4) is 0 Å². The number of aromatic nitrogens is 2. The minimum absolute atomic E-state index is 0.194. The van der Waals surface area contributed by atoms with Crippen molar-refractivity contribution in [3.05, 3.63) is 90.3 Å². The Hall–Kier alpha value is -4.39. The molecule has 7 nitrogen and oxygen atoms in total. The molecule has 0 saturated carbocycles. The predicted octanol–water partition coefficient (Wildman–Crippen LogP) is 5.18. The van der Waals surface area contributed by atoms with Crippen LogP contribution in [0.1, 0.15) is 15.9 Å². The van der Waals surface area contributed by atoms with Crippen LogP contribution in [0.25, 0.3) is 11.3 Å². The Morgan fingerprint density at radius 1 is 0.844 bits per heavy atom. The Bertz CT molecular complexity index is 1270. The van der Waals surface area contributed by atoms with Gasteiger partial charge in [0, 0.05) is 34.6 Å². The summed E-state index contributed by atoms with van der Waals surface area (Å²) in [6, 6.07) is 22.6. The Kier molecular flexibility index (Phi) is 5.13. The molecule has 2 N–H and O–H groups in total. The molecule has 0 aliphatic carbocycles. The van der Waals surface area contributed by atoms with E-state index in [1.54, 1.807) is 30.3 Å². The van der Waals surface area contributed by atoms with E-state index < -0.39 is 0 Å². The molecule has 7 heteroatoms. The molecular weight excluding hydrogens is 404 g/mol. The molecule has 0 radical (unpaired) electrons. The third-order valence-corrected chi connectivity index (χ3v) is 5.06. The number of carbonyl (C=O) groups is 1. The third-order valence-electron chi connectivity index (χ3n) is 5.06. The van der Waals surface area contributed by atoms with Crippen LogP contribution in [0, 0.1) is 6.92 Å². The van der Waals surface area contributed by atoms with Crippen molar-refractivity contribution in [2.24, 2.45) is 0 Å². The monoisotopic (exact) mass is 424 g/mol. The van der Waals surface area contributed by atoms with E-state index in [1.165, 1.54) is 11.9 Å². The Morgan fingerprint density at radius 2 is 1.59 bits per heavy atom. The van der Waals surface area contributed by atoms with Crippen molar-refractivity contribution in [2.45, 2.75) is 6.92 Å². The molecule has 4 aromatic rings. The van der Waals surface area contributed by atoms with E-state index in [0.29, 0.717) is 28.6 Å². The molecule has 158 valence electrons. The Labute approximate surface area is 185 Å². The maximum absolute atomic E-state index is 12.6. The molecule has 0 atom stereocenters. The number of aryl methyl sites for hydroxylation is 1. The smallest absolute Gasteiger partial charge is 0.255 e. The number of hydrogen-bond donors (Lipinski definition) is 2. The average Bonchev–Trinajstić information content (AvgIpc) is 3.28. The summed E-state index contributed by atoms with van der Waals surface area (Å²) in [5.74, 6) is 1.76. The van der Waals surface area contributed by atoms with Crippen LogP contribution in [0.15, 0.2) is 79.1 Å². The molecule has 0 spiro atoms. The molecule has 32 heavy (non-hydrogen) atoms. The standard InChI is InChI=1S/C25H20N4O3/c1-16-2-4-17(5-3-16)21-13-24(27-14-26-21)28-19-8-6-18(7-9-19)25(30)29-20-10-11-22-23(12-20)32-15-31-22/h2-14H,15H2,1H3,(H,29,30)(H,26,27,28). The van der Waals surface area contributed by atoms with Crippen LogP contribution in [0.4, 0.5) is 17.2 Å². The lowest BCUT2D eigenvalue weighted by Gasteiger charge is -2.09. The van der Waals surface area contributed by atoms with E-state index in [2.05, 4.69) is 39.7 Å².